The molecule has 26 heavy (non-hydrogen) atoms. The van der Waals surface area contributed by atoms with Crippen LogP contribution >= 0.6 is 11.8 Å². The quantitative estimate of drug-likeness (QED) is 0.383. The first kappa shape index (κ1) is 22.6. The Bertz CT molecular complexity index is 578. The molecule has 0 spiro atoms. The number of guanidine groups is 1. The SMILES string of the molecule is CCNC(=NCc1ccc(F)cc1CSC)NCCN(C)CC(F)(F)F. The van der Waals surface area contributed by atoms with Gasteiger partial charge in [-0.05, 0) is 43.5 Å². The summed E-state index contributed by atoms with van der Waals surface area (Å²) in [6.07, 6.45) is -2.26. The third-order valence-electron chi connectivity index (χ3n) is 3.46. The summed E-state index contributed by atoms with van der Waals surface area (Å²) < 4.78 is 50.4. The summed E-state index contributed by atoms with van der Waals surface area (Å²) >= 11 is 1.60. The lowest BCUT2D eigenvalue weighted by Crippen LogP contribution is -2.42. The van der Waals surface area contributed by atoms with Gasteiger partial charge >= 0.3 is 6.18 Å². The number of aliphatic imine (C=N–C) groups is 1. The molecule has 0 amide bonds. The number of halogens is 4. The van der Waals surface area contributed by atoms with Gasteiger partial charge in [-0.15, -0.1) is 0 Å². The molecule has 0 aliphatic rings. The number of alkyl halides is 3. The van der Waals surface area contributed by atoms with Crippen molar-refractivity contribution < 1.29 is 17.6 Å². The van der Waals surface area contributed by atoms with Crippen LogP contribution < -0.4 is 10.6 Å². The molecule has 0 fully saturated rings. The molecule has 2 N–H and O–H groups in total. The fourth-order valence-corrected chi connectivity index (χ4v) is 2.87. The van der Waals surface area contributed by atoms with Crippen molar-refractivity contribution in [3.63, 3.8) is 0 Å². The molecule has 0 radical (unpaired) electrons. The van der Waals surface area contributed by atoms with Crippen molar-refractivity contribution in [2.24, 2.45) is 4.99 Å². The van der Waals surface area contributed by atoms with E-state index < -0.39 is 12.7 Å². The lowest BCUT2D eigenvalue weighted by molar-refractivity contribution is -0.142. The van der Waals surface area contributed by atoms with Gasteiger partial charge in [-0.3, -0.25) is 4.90 Å². The minimum Gasteiger partial charge on any atom is -0.357 e. The minimum absolute atomic E-state index is 0.234. The smallest absolute Gasteiger partial charge is 0.357 e. The zero-order valence-electron chi connectivity index (χ0n) is 15.3. The van der Waals surface area contributed by atoms with Gasteiger partial charge in [0, 0.05) is 25.4 Å². The van der Waals surface area contributed by atoms with Gasteiger partial charge in [0.1, 0.15) is 5.82 Å². The van der Waals surface area contributed by atoms with E-state index in [9.17, 15) is 17.6 Å². The summed E-state index contributed by atoms with van der Waals surface area (Å²) in [5.41, 5.74) is 1.81. The average molecular weight is 394 g/mol. The fourth-order valence-electron chi connectivity index (χ4n) is 2.29. The molecule has 0 unspecified atom stereocenters. The second-order valence-corrected chi connectivity index (χ2v) is 6.69. The Morgan fingerprint density at radius 3 is 2.58 bits per heavy atom. The van der Waals surface area contributed by atoms with Crippen molar-refractivity contribution in [3.8, 4) is 0 Å². The normalized spacial score (nSPS) is 12.5. The maximum Gasteiger partial charge on any atom is 0.401 e. The van der Waals surface area contributed by atoms with Crippen LogP contribution in [0.5, 0.6) is 0 Å². The second kappa shape index (κ2) is 11.3. The van der Waals surface area contributed by atoms with Crippen molar-refractivity contribution in [1.29, 1.82) is 0 Å². The first-order chi connectivity index (χ1) is 12.2. The van der Waals surface area contributed by atoms with Crippen LogP contribution in [0, 0.1) is 5.82 Å². The Kier molecular flexibility index (Phi) is 9.79. The Morgan fingerprint density at radius 2 is 1.96 bits per heavy atom. The Morgan fingerprint density at radius 1 is 1.23 bits per heavy atom. The highest BCUT2D eigenvalue weighted by Crippen LogP contribution is 2.17. The van der Waals surface area contributed by atoms with Gasteiger partial charge < -0.3 is 10.6 Å². The molecule has 0 aliphatic carbocycles. The molecule has 0 aliphatic heterocycles. The van der Waals surface area contributed by atoms with Crippen molar-refractivity contribution in [2.45, 2.75) is 25.4 Å². The Balaban J connectivity index is 2.63. The number of nitrogens with zero attached hydrogens (tertiary/aromatic N) is 2. The number of likely N-dealkylation sites (N-methyl/N-ethyl adjacent to an activating group) is 1. The molecule has 1 aromatic rings. The highest BCUT2D eigenvalue weighted by atomic mass is 32.2. The molecule has 0 saturated heterocycles. The molecular formula is C17H26F4N4S. The molecule has 1 rings (SSSR count). The van der Waals surface area contributed by atoms with E-state index in [4.69, 9.17) is 0 Å². The van der Waals surface area contributed by atoms with Crippen LogP contribution in [0.4, 0.5) is 17.6 Å². The second-order valence-electron chi connectivity index (χ2n) is 5.82. The average Bonchev–Trinajstić information content (AvgIpc) is 2.52. The Labute approximate surface area is 156 Å². The molecular weight excluding hydrogens is 368 g/mol. The van der Waals surface area contributed by atoms with Crippen molar-refractivity contribution in [2.75, 3.05) is 39.5 Å². The fraction of sp³-hybridized carbons (Fsp3) is 0.588. The zero-order chi connectivity index (χ0) is 19.6. The summed E-state index contributed by atoms with van der Waals surface area (Å²) in [7, 11) is 1.42. The molecule has 9 heteroatoms. The van der Waals surface area contributed by atoms with E-state index in [1.165, 1.54) is 24.1 Å². The molecule has 0 aromatic heterocycles. The van der Waals surface area contributed by atoms with E-state index >= 15 is 0 Å². The van der Waals surface area contributed by atoms with Crippen molar-refractivity contribution >= 4 is 17.7 Å². The lowest BCUT2D eigenvalue weighted by Gasteiger charge is -2.19. The van der Waals surface area contributed by atoms with Crippen molar-refractivity contribution in [3.05, 3.63) is 35.1 Å². The molecule has 1 aromatic carbocycles. The van der Waals surface area contributed by atoms with Gasteiger partial charge in [0.25, 0.3) is 0 Å². The van der Waals surface area contributed by atoms with Gasteiger partial charge in [-0.25, -0.2) is 9.38 Å². The standard InChI is InChI=1S/C17H26F4N4S/c1-4-22-16(23-7-8-25(2)12-17(19,20)21)24-10-13-5-6-15(18)9-14(13)11-26-3/h5-6,9H,4,7-8,10-12H2,1-3H3,(H2,22,23,24). The van der Waals surface area contributed by atoms with E-state index in [0.29, 0.717) is 31.3 Å². The summed E-state index contributed by atoms with van der Waals surface area (Å²) in [6.45, 7) is 2.52. The van der Waals surface area contributed by atoms with Crippen LogP contribution in [0.25, 0.3) is 0 Å². The largest absolute Gasteiger partial charge is 0.401 e. The monoisotopic (exact) mass is 394 g/mol. The summed E-state index contributed by atoms with van der Waals surface area (Å²) in [6, 6.07) is 4.62. The Hall–Kier alpha value is -1.48. The van der Waals surface area contributed by atoms with Gasteiger partial charge in [0.15, 0.2) is 5.96 Å². The van der Waals surface area contributed by atoms with Gasteiger partial charge in [0.2, 0.25) is 0 Å². The molecule has 0 heterocycles. The van der Waals surface area contributed by atoms with Gasteiger partial charge in [0.05, 0.1) is 13.1 Å². The van der Waals surface area contributed by atoms with E-state index in [-0.39, 0.29) is 12.4 Å². The first-order valence-corrected chi connectivity index (χ1v) is 9.68. The zero-order valence-corrected chi connectivity index (χ0v) is 16.1. The van der Waals surface area contributed by atoms with Gasteiger partial charge in [-0.1, -0.05) is 6.07 Å². The number of rotatable bonds is 9. The third kappa shape index (κ3) is 9.28. The van der Waals surface area contributed by atoms with Gasteiger partial charge in [-0.2, -0.15) is 24.9 Å². The minimum atomic E-state index is -4.20. The summed E-state index contributed by atoms with van der Waals surface area (Å²) in [5.74, 6) is 0.932. The number of thioether (sulfide) groups is 1. The summed E-state index contributed by atoms with van der Waals surface area (Å²) in [5, 5.41) is 6.08. The van der Waals surface area contributed by atoms with Crippen LogP contribution in [0.15, 0.2) is 23.2 Å². The first-order valence-electron chi connectivity index (χ1n) is 8.29. The highest BCUT2D eigenvalue weighted by molar-refractivity contribution is 7.97. The molecule has 148 valence electrons. The number of nitrogens with one attached hydrogen (secondary N) is 2. The van der Waals surface area contributed by atoms with Crippen LogP contribution in [0.3, 0.4) is 0 Å². The van der Waals surface area contributed by atoms with Crippen LogP contribution in [-0.4, -0.2) is 56.5 Å². The topological polar surface area (TPSA) is 39.7 Å². The predicted octanol–water partition coefficient (Wildman–Crippen LogP) is 3.24. The maximum atomic E-state index is 13.4. The number of benzene rings is 1. The number of hydrogen-bond donors (Lipinski definition) is 2. The lowest BCUT2D eigenvalue weighted by atomic mass is 10.1. The van der Waals surface area contributed by atoms with E-state index in [2.05, 4.69) is 15.6 Å². The third-order valence-corrected chi connectivity index (χ3v) is 4.05. The summed E-state index contributed by atoms with van der Waals surface area (Å²) in [4.78, 5) is 5.65. The van der Waals surface area contributed by atoms with Crippen LogP contribution in [0.1, 0.15) is 18.1 Å². The van der Waals surface area contributed by atoms with Crippen LogP contribution in [0.2, 0.25) is 0 Å². The number of hydrogen-bond acceptors (Lipinski definition) is 3. The maximum absolute atomic E-state index is 13.4. The predicted molar refractivity (Wildman–Crippen MR) is 100.0 cm³/mol. The molecule has 4 nitrogen and oxygen atoms in total. The van der Waals surface area contributed by atoms with Crippen LogP contribution in [-0.2, 0) is 12.3 Å². The highest BCUT2D eigenvalue weighted by Gasteiger charge is 2.28. The van der Waals surface area contributed by atoms with E-state index in [1.807, 2.05) is 13.2 Å². The van der Waals surface area contributed by atoms with E-state index in [1.54, 1.807) is 17.8 Å². The van der Waals surface area contributed by atoms with Crippen molar-refractivity contribution in [1.82, 2.24) is 15.5 Å². The molecule has 0 bridgehead atoms. The molecule has 0 saturated carbocycles. The molecule has 0 atom stereocenters. The van der Waals surface area contributed by atoms with E-state index in [0.717, 1.165) is 11.1 Å².